The first-order valence-electron chi connectivity index (χ1n) is 9.64. The SMILES string of the molecule is C=CCc1cccc2cc(C(=O)N3CCN(c4ccc(Cl)c(Cl)c4)CC3)c(=O)oc12. The van der Waals surface area contributed by atoms with Crippen molar-refractivity contribution < 1.29 is 9.21 Å². The molecule has 1 fully saturated rings. The molecule has 2 heterocycles. The number of para-hydroxylation sites is 1. The fourth-order valence-corrected chi connectivity index (χ4v) is 3.98. The number of carbonyl (C=O) groups is 1. The summed E-state index contributed by atoms with van der Waals surface area (Å²) < 4.78 is 5.51. The summed E-state index contributed by atoms with van der Waals surface area (Å²) in [7, 11) is 0. The maximum absolute atomic E-state index is 13.0. The Bertz CT molecular complexity index is 1180. The Morgan fingerprint density at radius 1 is 1.07 bits per heavy atom. The average Bonchev–Trinajstić information content (AvgIpc) is 2.75. The first-order valence-corrected chi connectivity index (χ1v) is 10.4. The Balaban J connectivity index is 1.53. The second-order valence-corrected chi connectivity index (χ2v) is 7.97. The number of fused-ring (bicyclic) bond motifs is 1. The van der Waals surface area contributed by atoms with Crippen molar-refractivity contribution in [1.29, 1.82) is 0 Å². The highest BCUT2D eigenvalue weighted by Crippen LogP contribution is 2.28. The highest BCUT2D eigenvalue weighted by molar-refractivity contribution is 6.42. The van der Waals surface area contributed by atoms with Gasteiger partial charge in [0.25, 0.3) is 5.91 Å². The quantitative estimate of drug-likeness (QED) is 0.430. The molecule has 0 radical (unpaired) electrons. The smallest absolute Gasteiger partial charge is 0.349 e. The molecule has 1 amide bonds. The van der Waals surface area contributed by atoms with Gasteiger partial charge in [-0.2, -0.15) is 0 Å². The second-order valence-electron chi connectivity index (χ2n) is 7.15. The minimum absolute atomic E-state index is 0.0567. The first-order chi connectivity index (χ1) is 14.5. The highest BCUT2D eigenvalue weighted by atomic mass is 35.5. The van der Waals surface area contributed by atoms with Gasteiger partial charge in [0.05, 0.1) is 10.0 Å². The minimum Gasteiger partial charge on any atom is -0.422 e. The molecule has 1 aromatic heterocycles. The molecule has 4 rings (SSSR count). The van der Waals surface area contributed by atoms with Crippen molar-refractivity contribution in [3.63, 3.8) is 0 Å². The number of hydrogen-bond donors (Lipinski definition) is 0. The average molecular weight is 443 g/mol. The predicted octanol–water partition coefficient (Wildman–Crippen LogP) is 4.79. The third kappa shape index (κ3) is 3.95. The Kier molecular flexibility index (Phi) is 5.84. The summed E-state index contributed by atoms with van der Waals surface area (Å²) in [4.78, 5) is 29.4. The zero-order valence-electron chi connectivity index (χ0n) is 16.2. The Morgan fingerprint density at radius 2 is 1.83 bits per heavy atom. The van der Waals surface area contributed by atoms with Gasteiger partial charge in [0.1, 0.15) is 11.1 Å². The number of hydrogen-bond acceptors (Lipinski definition) is 4. The van der Waals surface area contributed by atoms with Crippen molar-refractivity contribution in [2.75, 3.05) is 31.1 Å². The first kappa shape index (κ1) is 20.5. The van der Waals surface area contributed by atoms with E-state index in [1.54, 1.807) is 23.1 Å². The number of anilines is 1. The lowest BCUT2D eigenvalue weighted by molar-refractivity contribution is 0.0742. The van der Waals surface area contributed by atoms with Crippen molar-refractivity contribution in [3.05, 3.63) is 86.7 Å². The van der Waals surface area contributed by atoms with E-state index in [-0.39, 0.29) is 11.5 Å². The number of halogens is 2. The molecular formula is C23H20Cl2N2O3. The summed E-state index contributed by atoms with van der Waals surface area (Å²) in [6, 6.07) is 12.7. The molecule has 1 aliphatic heterocycles. The predicted molar refractivity (Wildman–Crippen MR) is 121 cm³/mol. The minimum atomic E-state index is -0.615. The van der Waals surface area contributed by atoms with Gasteiger partial charge < -0.3 is 14.2 Å². The van der Waals surface area contributed by atoms with E-state index >= 15 is 0 Å². The number of nitrogens with zero attached hydrogens (tertiary/aromatic N) is 2. The molecule has 2 aromatic carbocycles. The number of allylic oxidation sites excluding steroid dienone is 1. The number of rotatable bonds is 4. The zero-order valence-corrected chi connectivity index (χ0v) is 17.7. The Labute approximate surface area is 184 Å². The summed E-state index contributed by atoms with van der Waals surface area (Å²) in [5.41, 5.74) is 1.77. The molecule has 1 aliphatic rings. The van der Waals surface area contributed by atoms with E-state index in [0.29, 0.717) is 48.2 Å². The molecule has 1 saturated heterocycles. The Morgan fingerprint density at radius 3 is 2.53 bits per heavy atom. The lowest BCUT2D eigenvalue weighted by Gasteiger charge is -2.36. The van der Waals surface area contributed by atoms with E-state index in [1.165, 1.54) is 0 Å². The van der Waals surface area contributed by atoms with Crippen LogP contribution in [0.4, 0.5) is 5.69 Å². The fourth-order valence-electron chi connectivity index (χ4n) is 3.69. The van der Waals surface area contributed by atoms with Crippen LogP contribution in [0.15, 0.2) is 64.3 Å². The molecule has 154 valence electrons. The van der Waals surface area contributed by atoms with Crippen molar-refractivity contribution in [3.8, 4) is 0 Å². The van der Waals surface area contributed by atoms with E-state index in [0.717, 1.165) is 16.6 Å². The van der Waals surface area contributed by atoms with E-state index in [4.69, 9.17) is 27.6 Å². The van der Waals surface area contributed by atoms with Gasteiger partial charge in [0.15, 0.2) is 0 Å². The molecule has 0 N–H and O–H groups in total. The van der Waals surface area contributed by atoms with Gasteiger partial charge in [-0.1, -0.05) is 47.5 Å². The third-order valence-electron chi connectivity index (χ3n) is 5.27. The van der Waals surface area contributed by atoms with Crippen LogP contribution in [0.5, 0.6) is 0 Å². The molecule has 30 heavy (non-hydrogen) atoms. The molecule has 3 aromatic rings. The maximum atomic E-state index is 13.0. The van der Waals surface area contributed by atoms with Crippen molar-refractivity contribution in [1.82, 2.24) is 4.90 Å². The molecule has 5 nitrogen and oxygen atoms in total. The van der Waals surface area contributed by atoms with Crippen LogP contribution in [0, 0.1) is 0 Å². The van der Waals surface area contributed by atoms with Gasteiger partial charge in [-0.25, -0.2) is 4.79 Å². The molecule has 0 unspecified atom stereocenters. The van der Waals surface area contributed by atoms with Gasteiger partial charge in [-0.15, -0.1) is 6.58 Å². The third-order valence-corrected chi connectivity index (χ3v) is 6.01. The van der Waals surface area contributed by atoms with E-state index in [1.807, 2.05) is 30.3 Å². The van der Waals surface area contributed by atoms with E-state index in [9.17, 15) is 9.59 Å². The van der Waals surface area contributed by atoms with Gasteiger partial charge >= 0.3 is 5.63 Å². The van der Waals surface area contributed by atoms with Crippen LogP contribution in [-0.4, -0.2) is 37.0 Å². The lowest BCUT2D eigenvalue weighted by Crippen LogP contribution is -2.49. The molecule has 7 heteroatoms. The summed E-state index contributed by atoms with van der Waals surface area (Å²) in [6.45, 7) is 5.98. The number of piperazine rings is 1. The molecule has 0 bridgehead atoms. The largest absolute Gasteiger partial charge is 0.422 e. The van der Waals surface area contributed by atoms with Gasteiger partial charge in [-0.05, 0) is 36.2 Å². The van der Waals surface area contributed by atoms with Crippen molar-refractivity contribution >= 4 is 45.8 Å². The van der Waals surface area contributed by atoms with E-state index < -0.39 is 5.63 Å². The molecule has 0 spiro atoms. The molecule has 0 atom stereocenters. The van der Waals surface area contributed by atoms with Crippen molar-refractivity contribution in [2.45, 2.75) is 6.42 Å². The summed E-state index contributed by atoms with van der Waals surface area (Å²) in [5.74, 6) is -0.312. The highest BCUT2D eigenvalue weighted by Gasteiger charge is 2.25. The van der Waals surface area contributed by atoms with Crippen LogP contribution in [0.25, 0.3) is 11.0 Å². The lowest BCUT2D eigenvalue weighted by atomic mass is 10.1. The van der Waals surface area contributed by atoms with Crippen LogP contribution in [0.2, 0.25) is 10.0 Å². The van der Waals surface area contributed by atoms with Gasteiger partial charge in [0, 0.05) is 37.3 Å². The molecule has 0 saturated carbocycles. The number of benzene rings is 2. The maximum Gasteiger partial charge on any atom is 0.349 e. The van der Waals surface area contributed by atoms with Crippen LogP contribution in [0.1, 0.15) is 15.9 Å². The van der Waals surface area contributed by atoms with Crippen LogP contribution < -0.4 is 10.5 Å². The van der Waals surface area contributed by atoms with Crippen LogP contribution >= 0.6 is 23.2 Å². The van der Waals surface area contributed by atoms with Crippen LogP contribution in [-0.2, 0) is 6.42 Å². The summed E-state index contributed by atoms with van der Waals surface area (Å²) in [5, 5.41) is 1.73. The summed E-state index contributed by atoms with van der Waals surface area (Å²) in [6.07, 6.45) is 2.34. The zero-order chi connectivity index (χ0) is 21.3. The van der Waals surface area contributed by atoms with Gasteiger partial charge in [0.2, 0.25) is 0 Å². The van der Waals surface area contributed by atoms with E-state index in [2.05, 4.69) is 11.5 Å². The molecular weight excluding hydrogens is 423 g/mol. The standard InChI is InChI=1S/C23H20Cl2N2O3/c1-2-4-15-5-3-6-16-13-18(23(29)30-21(15)16)22(28)27-11-9-26(10-12-27)17-7-8-19(24)20(25)14-17/h2-3,5-8,13-14H,1,4,9-12H2. The van der Waals surface area contributed by atoms with Crippen molar-refractivity contribution in [2.24, 2.45) is 0 Å². The monoisotopic (exact) mass is 442 g/mol. The van der Waals surface area contributed by atoms with Gasteiger partial charge in [-0.3, -0.25) is 4.79 Å². The number of carbonyl (C=O) groups excluding carboxylic acids is 1. The number of amides is 1. The summed E-state index contributed by atoms with van der Waals surface area (Å²) >= 11 is 12.1. The molecule has 0 aliphatic carbocycles. The fraction of sp³-hybridized carbons (Fsp3) is 0.217. The van der Waals surface area contributed by atoms with Crippen LogP contribution in [0.3, 0.4) is 0 Å². The Hall–Kier alpha value is -2.76. The topological polar surface area (TPSA) is 53.8 Å². The normalized spacial score (nSPS) is 14.2. The second kappa shape index (κ2) is 8.54.